The molecule has 96 valence electrons. The fourth-order valence-electron chi connectivity index (χ4n) is 2.54. The number of hydrogen-bond acceptors (Lipinski definition) is 3. The molecule has 1 unspecified atom stereocenters. The quantitative estimate of drug-likeness (QED) is 0.732. The zero-order chi connectivity index (χ0) is 12.5. The van der Waals surface area contributed by atoms with Gasteiger partial charge in [0, 0.05) is 23.7 Å². The van der Waals surface area contributed by atoms with Crippen molar-refractivity contribution in [2.45, 2.75) is 24.3 Å². The number of fused-ring (bicyclic) bond motifs is 1. The smallest absolute Gasteiger partial charge is 0.100 e. The molecule has 0 amide bonds. The summed E-state index contributed by atoms with van der Waals surface area (Å²) in [5.74, 6) is 1.22. The molecule has 0 saturated carbocycles. The number of rotatable bonds is 1. The summed E-state index contributed by atoms with van der Waals surface area (Å²) in [6.07, 6.45) is 1.36. The van der Waals surface area contributed by atoms with Gasteiger partial charge in [-0.2, -0.15) is 0 Å². The van der Waals surface area contributed by atoms with Gasteiger partial charge in [-0.1, -0.05) is 24.4 Å². The normalized spacial score (nSPS) is 22.9. The van der Waals surface area contributed by atoms with Gasteiger partial charge in [-0.05, 0) is 30.5 Å². The molecule has 3 rings (SSSR count). The number of benzene rings is 1. The SMILES string of the molecule is CC(=S)N1CCOC(c2ccc3c(c2)CCS3)C1. The Labute approximate surface area is 118 Å². The Morgan fingerprint density at radius 1 is 1.50 bits per heavy atom. The van der Waals surface area contributed by atoms with E-state index in [4.69, 9.17) is 17.0 Å². The minimum absolute atomic E-state index is 0.174. The lowest BCUT2D eigenvalue weighted by atomic mass is 10.0. The van der Waals surface area contributed by atoms with Gasteiger partial charge in [-0.3, -0.25) is 0 Å². The third-order valence-corrected chi connectivity index (χ3v) is 4.97. The molecule has 18 heavy (non-hydrogen) atoms. The van der Waals surface area contributed by atoms with E-state index in [1.165, 1.54) is 28.2 Å². The fourth-order valence-corrected chi connectivity index (χ4v) is 3.76. The molecular weight excluding hydrogens is 262 g/mol. The van der Waals surface area contributed by atoms with Crippen LogP contribution >= 0.6 is 24.0 Å². The zero-order valence-corrected chi connectivity index (χ0v) is 12.1. The minimum Gasteiger partial charge on any atom is -0.370 e. The average Bonchev–Trinajstić information content (AvgIpc) is 2.86. The van der Waals surface area contributed by atoms with Gasteiger partial charge in [0.05, 0.1) is 11.6 Å². The molecule has 2 heterocycles. The molecule has 2 aliphatic heterocycles. The zero-order valence-electron chi connectivity index (χ0n) is 10.5. The molecule has 0 aliphatic carbocycles. The lowest BCUT2D eigenvalue weighted by Gasteiger charge is -2.34. The predicted octanol–water partition coefficient (Wildman–Crippen LogP) is 3.06. The van der Waals surface area contributed by atoms with Crippen LogP contribution in [-0.4, -0.2) is 35.3 Å². The van der Waals surface area contributed by atoms with Crippen LogP contribution in [0.5, 0.6) is 0 Å². The van der Waals surface area contributed by atoms with Crippen LogP contribution in [0.3, 0.4) is 0 Å². The van der Waals surface area contributed by atoms with Gasteiger partial charge in [-0.15, -0.1) is 11.8 Å². The molecule has 1 saturated heterocycles. The van der Waals surface area contributed by atoms with E-state index in [1.807, 2.05) is 18.7 Å². The number of hydrogen-bond donors (Lipinski definition) is 0. The van der Waals surface area contributed by atoms with Gasteiger partial charge in [0.25, 0.3) is 0 Å². The maximum Gasteiger partial charge on any atom is 0.100 e. The minimum atomic E-state index is 0.174. The number of aryl methyl sites for hydroxylation is 1. The fraction of sp³-hybridized carbons (Fsp3) is 0.500. The second kappa shape index (κ2) is 5.19. The summed E-state index contributed by atoms with van der Waals surface area (Å²) in [5, 5.41) is 0. The Morgan fingerprint density at radius 2 is 2.39 bits per heavy atom. The van der Waals surface area contributed by atoms with E-state index >= 15 is 0 Å². The third kappa shape index (κ3) is 2.42. The van der Waals surface area contributed by atoms with Crippen LogP contribution < -0.4 is 0 Å². The van der Waals surface area contributed by atoms with E-state index in [1.54, 1.807) is 0 Å². The van der Waals surface area contributed by atoms with E-state index in [2.05, 4.69) is 23.1 Å². The van der Waals surface area contributed by atoms with Crippen molar-refractivity contribution in [3.63, 3.8) is 0 Å². The molecule has 1 atom stereocenters. The molecule has 0 aromatic heterocycles. The van der Waals surface area contributed by atoms with Crippen molar-refractivity contribution < 1.29 is 4.74 Å². The highest BCUT2D eigenvalue weighted by atomic mass is 32.2. The highest BCUT2D eigenvalue weighted by Crippen LogP contribution is 2.34. The molecule has 2 aliphatic rings. The van der Waals surface area contributed by atoms with E-state index in [0.29, 0.717) is 0 Å². The molecular formula is C14H17NOS2. The Hall–Kier alpha value is -0.580. The molecule has 1 aromatic rings. The van der Waals surface area contributed by atoms with Crippen LogP contribution in [-0.2, 0) is 11.2 Å². The van der Waals surface area contributed by atoms with Gasteiger partial charge in [0.1, 0.15) is 6.10 Å². The number of ether oxygens (including phenoxy) is 1. The highest BCUT2D eigenvalue weighted by molar-refractivity contribution is 7.99. The first kappa shape index (κ1) is 12.5. The van der Waals surface area contributed by atoms with Crippen LogP contribution in [0.25, 0.3) is 0 Å². The van der Waals surface area contributed by atoms with Crippen LogP contribution in [0, 0.1) is 0 Å². The van der Waals surface area contributed by atoms with E-state index < -0.39 is 0 Å². The Bertz CT molecular complexity index is 475. The molecule has 0 spiro atoms. The van der Waals surface area contributed by atoms with Crippen LogP contribution in [0.1, 0.15) is 24.2 Å². The summed E-state index contributed by atoms with van der Waals surface area (Å²) >= 11 is 7.22. The lowest BCUT2D eigenvalue weighted by molar-refractivity contribution is -0.00634. The second-order valence-electron chi connectivity index (χ2n) is 4.79. The van der Waals surface area contributed by atoms with Crippen LogP contribution in [0.4, 0.5) is 0 Å². The molecule has 0 radical (unpaired) electrons. The van der Waals surface area contributed by atoms with Gasteiger partial charge < -0.3 is 9.64 Å². The maximum atomic E-state index is 5.90. The maximum absolute atomic E-state index is 5.90. The van der Waals surface area contributed by atoms with Crippen molar-refractivity contribution in [3.05, 3.63) is 29.3 Å². The number of thioether (sulfide) groups is 1. The van der Waals surface area contributed by atoms with Crippen molar-refractivity contribution in [2.75, 3.05) is 25.4 Å². The number of nitrogens with zero attached hydrogens (tertiary/aromatic N) is 1. The lowest BCUT2D eigenvalue weighted by Crippen LogP contribution is -2.40. The third-order valence-electron chi connectivity index (χ3n) is 3.60. The summed E-state index contributed by atoms with van der Waals surface area (Å²) in [7, 11) is 0. The average molecular weight is 279 g/mol. The van der Waals surface area contributed by atoms with Crippen molar-refractivity contribution in [1.82, 2.24) is 4.90 Å². The topological polar surface area (TPSA) is 12.5 Å². The Balaban J connectivity index is 1.80. The standard InChI is InChI=1S/C14H17NOS2/c1-10(17)15-5-6-16-13(9-15)11-2-3-14-12(8-11)4-7-18-14/h2-3,8,13H,4-7,9H2,1H3. The Morgan fingerprint density at radius 3 is 3.22 bits per heavy atom. The monoisotopic (exact) mass is 279 g/mol. The molecule has 2 nitrogen and oxygen atoms in total. The van der Waals surface area contributed by atoms with Crippen molar-refractivity contribution in [1.29, 1.82) is 0 Å². The molecule has 0 bridgehead atoms. The summed E-state index contributed by atoms with van der Waals surface area (Å²) in [6.45, 7) is 4.58. The largest absolute Gasteiger partial charge is 0.370 e. The van der Waals surface area contributed by atoms with Crippen molar-refractivity contribution in [3.8, 4) is 0 Å². The summed E-state index contributed by atoms with van der Waals surface area (Å²) < 4.78 is 5.90. The molecule has 0 N–H and O–H groups in total. The van der Waals surface area contributed by atoms with Crippen LogP contribution in [0.2, 0.25) is 0 Å². The summed E-state index contributed by atoms with van der Waals surface area (Å²) in [6, 6.07) is 6.78. The van der Waals surface area contributed by atoms with Crippen molar-refractivity contribution >= 4 is 29.0 Å². The first-order chi connectivity index (χ1) is 8.74. The number of thiocarbonyl (C=S) groups is 1. The first-order valence-electron chi connectivity index (χ1n) is 6.37. The van der Waals surface area contributed by atoms with Gasteiger partial charge in [0.15, 0.2) is 0 Å². The van der Waals surface area contributed by atoms with Gasteiger partial charge >= 0.3 is 0 Å². The van der Waals surface area contributed by atoms with E-state index in [0.717, 1.165) is 24.7 Å². The van der Waals surface area contributed by atoms with E-state index in [9.17, 15) is 0 Å². The van der Waals surface area contributed by atoms with Crippen LogP contribution in [0.15, 0.2) is 23.1 Å². The van der Waals surface area contributed by atoms with Gasteiger partial charge in [-0.25, -0.2) is 0 Å². The second-order valence-corrected chi connectivity index (χ2v) is 6.52. The van der Waals surface area contributed by atoms with E-state index in [-0.39, 0.29) is 6.10 Å². The molecule has 1 aromatic carbocycles. The van der Waals surface area contributed by atoms with Gasteiger partial charge in [0.2, 0.25) is 0 Å². The van der Waals surface area contributed by atoms with Crippen molar-refractivity contribution in [2.24, 2.45) is 0 Å². The molecule has 1 fully saturated rings. The summed E-state index contributed by atoms with van der Waals surface area (Å²) in [5.41, 5.74) is 2.79. The number of morpholine rings is 1. The molecule has 4 heteroatoms. The first-order valence-corrected chi connectivity index (χ1v) is 7.76. The predicted molar refractivity (Wildman–Crippen MR) is 79.4 cm³/mol. The highest BCUT2D eigenvalue weighted by Gasteiger charge is 2.23. The summed E-state index contributed by atoms with van der Waals surface area (Å²) in [4.78, 5) is 4.66. The Kier molecular flexibility index (Phi) is 3.59.